The lowest BCUT2D eigenvalue weighted by Gasteiger charge is -2.16. The van der Waals surface area contributed by atoms with Gasteiger partial charge in [0.25, 0.3) is 5.91 Å². The highest BCUT2D eigenvalue weighted by Gasteiger charge is 2.15. The van der Waals surface area contributed by atoms with Crippen LogP contribution in [0.2, 0.25) is 0 Å². The normalized spacial score (nSPS) is 10.1. The Morgan fingerprint density at radius 1 is 1.04 bits per heavy atom. The van der Waals surface area contributed by atoms with E-state index in [9.17, 15) is 9.59 Å². The van der Waals surface area contributed by atoms with Crippen LogP contribution in [0.1, 0.15) is 10.4 Å². The van der Waals surface area contributed by atoms with E-state index in [0.717, 1.165) is 0 Å². The third-order valence-electron chi connectivity index (χ3n) is 3.64. The van der Waals surface area contributed by atoms with E-state index in [-0.39, 0.29) is 11.7 Å². The van der Waals surface area contributed by atoms with Gasteiger partial charge in [-0.15, -0.1) is 0 Å². The van der Waals surface area contributed by atoms with Gasteiger partial charge in [-0.2, -0.15) is 10.1 Å². The Balaban J connectivity index is 1.92. The molecule has 0 unspecified atom stereocenters. The Bertz CT molecular complexity index is 1000. The third-order valence-corrected chi connectivity index (χ3v) is 3.64. The summed E-state index contributed by atoms with van der Waals surface area (Å²) in [6, 6.07) is 12.1. The number of carbonyl (C=O) groups is 1. The SMILES string of the molecule is COc1cc(Nc2cn[nH]c(=O)n2)c(OC)cc1NC(=O)c1ccccc1. The Kier molecular flexibility index (Phi) is 5.31. The number of carbonyl (C=O) groups excluding carboxylic acids is 1. The van der Waals surface area contributed by atoms with Gasteiger partial charge in [0.1, 0.15) is 11.5 Å². The van der Waals surface area contributed by atoms with Crippen molar-refractivity contribution in [2.45, 2.75) is 0 Å². The average Bonchev–Trinajstić information content (AvgIpc) is 2.69. The summed E-state index contributed by atoms with van der Waals surface area (Å²) in [5, 5.41) is 11.6. The van der Waals surface area contributed by atoms with Crippen molar-refractivity contribution in [3.05, 3.63) is 64.7 Å². The molecule has 0 aliphatic carbocycles. The minimum atomic E-state index is -0.585. The van der Waals surface area contributed by atoms with Gasteiger partial charge in [-0.25, -0.2) is 9.89 Å². The predicted molar refractivity (Wildman–Crippen MR) is 99.9 cm³/mol. The molecule has 138 valence electrons. The summed E-state index contributed by atoms with van der Waals surface area (Å²) >= 11 is 0. The van der Waals surface area contributed by atoms with E-state index in [4.69, 9.17) is 9.47 Å². The fourth-order valence-corrected chi connectivity index (χ4v) is 2.39. The Morgan fingerprint density at radius 3 is 2.37 bits per heavy atom. The molecule has 0 saturated carbocycles. The van der Waals surface area contributed by atoms with Crippen LogP contribution >= 0.6 is 0 Å². The maximum atomic E-state index is 12.4. The summed E-state index contributed by atoms with van der Waals surface area (Å²) in [5.41, 5.74) is 0.856. The molecule has 0 bridgehead atoms. The first kappa shape index (κ1) is 17.9. The van der Waals surface area contributed by atoms with Crippen molar-refractivity contribution < 1.29 is 14.3 Å². The number of anilines is 3. The lowest BCUT2D eigenvalue weighted by Crippen LogP contribution is -2.14. The van der Waals surface area contributed by atoms with Gasteiger partial charge in [0.15, 0.2) is 5.82 Å². The van der Waals surface area contributed by atoms with Crippen LogP contribution in [0.25, 0.3) is 0 Å². The lowest BCUT2D eigenvalue weighted by molar-refractivity contribution is 0.102. The van der Waals surface area contributed by atoms with Gasteiger partial charge < -0.3 is 20.1 Å². The molecular formula is C18H17N5O4. The zero-order valence-electron chi connectivity index (χ0n) is 14.6. The van der Waals surface area contributed by atoms with Crippen LogP contribution in [0.5, 0.6) is 11.5 Å². The molecule has 3 aromatic rings. The van der Waals surface area contributed by atoms with E-state index in [0.29, 0.717) is 28.4 Å². The minimum Gasteiger partial charge on any atom is -0.494 e. The van der Waals surface area contributed by atoms with Crippen molar-refractivity contribution in [2.75, 3.05) is 24.9 Å². The molecule has 3 N–H and O–H groups in total. The van der Waals surface area contributed by atoms with Gasteiger partial charge in [-0.3, -0.25) is 4.79 Å². The van der Waals surface area contributed by atoms with E-state index in [1.807, 2.05) is 6.07 Å². The highest BCUT2D eigenvalue weighted by molar-refractivity contribution is 6.05. The number of benzene rings is 2. The van der Waals surface area contributed by atoms with Crippen molar-refractivity contribution in [3.8, 4) is 11.5 Å². The zero-order chi connectivity index (χ0) is 19.2. The van der Waals surface area contributed by atoms with E-state index in [1.165, 1.54) is 20.4 Å². The Hall–Kier alpha value is -3.88. The third kappa shape index (κ3) is 4.21. The molecule has 0 fully saturated rings. The van der Waals surface area contributed by atoms with Crippen LogP contribution in [0.4, 0.5) is 17.2 Å². The summed E-state index contributed by atoms with van der Waals surface area (Å²) < 4.78 is 10.7. The van der Waals surface area contributed by atoms with Crippen LogP contribution in [0, 0.1) is 0 Å². The second kappa shape index (κ2) is 8.00. The van der Waals surface area contributed by atoms with Crippen molar-refractivity contribution >= 4 is 23.1 Å². The molecule has 1 amide bonds. The number of aromatic amines is 1. The first-order valence-corrected chi connectivity index (χ1v) is 7.92. The number of hydrogen-bond acceptors (Lipinski definition) is 7. The lowest BCUT2D eigenvalue weighted by atomic mass is 10.2. The molecule has 9 nitrogen and oxygen atoms in total. The highest BCUT2D eigenvalue weighted by Crippen LogP contribution is 2.37. The number of H-pyrrole nitrogens is 1. The van der Waals surface area contributed by atoms with E-state index < -0.39 is 5.69 Å². The second-order valence-electron chi connectivity index (χ2n) is 5.37. The van der Waals surface area contributed by atoms with Crippen LogP contribution in [0.3, 0.4) is 0 Å². The number of ether oxygens (including phenoxy) is 2. The minimum absolute atomic E-state index is 0.236. The first-order valence-electron chi connectivity index (χ1n) is 7.92. The molecule has 27 heavy (non-hydrogen) atoms. The molecule has 1 heterocycles. The summed E-state index contributed by atoms with van der Waals surface area (Å²) in [4.78, 5) is 27.5. The fraction of sp³-hybridized carbons (Fsp3) is 0.111. The van der Waals surface area contributed by atoms with E-state index in [2.05, 4.69) is 25.8 Å². The van der Waals surface area contributed by atoms with E-state index in [1.54, 1.807) is 36.4 Å². The van der Waals surface area contributed by atoms with Gasteiger partial charge in [0.2, 0.25) is 0 Å². The molecule has 0 spiro atoms. The summed E-state index contributed by atoms with van der Waals surface area (Å²) in [6.07, 6.45) is 1.36. The molecule has 3 rings (SSSR count). The largest absolute Gasteiger partial charge is 0.494 e. The number of aromatic nitrogens is 3. The van der Waals surface area contributed by atoms with Crippen LogP contribution in [-0.2, 0) is 0 Å². The predicted octanol–water partition coefficient (Wildman–Crippen LogP) is 2.18. The molecule has 1 aromatic heterocycles. The smallest absolute Gasteiger partial charge is 0.363 e. The van der Waals surface area contributed by atoms with Crippen molar-refractivity contribution in [1.82, 2.24) is 15.2 Å². The molecule has 2 aromatic carbocycles. The van der Waals surface area contributed by atoms with Crippen molar-refractivity contribution in [2.24, 2.45) is 0 Å². The first-order chi connectivity index (χ1) is 13.1. The number of amides is 1. The van der Waals surface area contributed by atoms with Gasteiger partial charge in [0.05, 0.1) is 31.8 Å². The topological polar surface area (TPSA) is 118 Å². The maximum absolute atomic E-state index is 12.4. The Morgan fingerprint density at radius 2 is 1.70 bits per heavy atom. The second-order valence-corrected chi connectivity index (χ2v) is 5.37. The quantitative estimate of drug-likeness (QED) is 0.611. The average molecular weight is 367 g/mol. The summed E-state index contributed by atoms with van der Waals surface area (Å²) in [7, 11) is 2.97. The van der Waals surface area contributed by atoms with Crippen LogP contribution < -0.4 is 25.8 Å². The number of rotatable bonds is 6. The summed E-state index contributed by atoms with van der Waals surface area (Å²) in [6.45, 7) is 0. The number of nitrogens with zero attached hydrogens (tertiary/aromatic N) is 2. The Labute approximate surface area is 154 Å². The van der Waals surface area contributed by atoms with Crippen LogP contribution in [-0.4, -0.2) is 35.3 Å². The molecule has 0 radical (unpaired) electrons. The molecule has 0 aliphatic rings. The zero-order valence-corrected chi connectivity index (χ0v) is 14.6. The monoisotopic (exact) mass is 367 g/mol. The van der Waals surface area contributed by atoms with Crippen LogP contribution in [0.15, 0.2) is 53.5 Å². The van der Waals surface area contributed by atoms with Crippen molar-refractivity contribution in [3.63, 3.8) is 0 Å². The maximum Gasteiger partial charge on any atom is 0.363 e. The fourth-order valence-electron chi connectivity index (χ4n) is 2.39. The molecule has 9 heteroatoms. The molecule has 0 atom stereocenters. The number of hydrogen-bond donors (Lipinski definition) is 3. The van der Waals surface area contributed by atoms with Gasteiger partial charge in [0, 0.05) is 17.7 Å². The summed E-state index contributed by atoms with van der Waals surface area (Å²) in [5.74, 6) is 0.777. The molecular weight excluding hydrogens is 350 g/mol. The van der Waals surface area contributed by atoms with Gasteiger partial charge >= 0.3 is 5.69 Å². The standard InChI is InChI=1S/C18H17N5O4/c1-26-14-9-13(21-17(24)11-6-4-3-5-7-11)15(27-2)8-12(14)20-16-10-19-23-18(25)22-16/h3-10H,1-2H3,(H,21,24)(H2,20,22,23,25). The number of methoxy groups -OCH3 is 2. The molecule has 0 saturated heterocycles. The molecule has 0 aliphatic heterocycles. The van der Waals surface area contributed by atoms with Gasteiger partial charge in [-0.1, -0.05) is 18.2 Å². The number of nitrogens with one attached hydrogen (secondary N) is 3. The van der Waals surface area contributed by atoms with Crippen molar-refractivity contribution in [1.29, 1.82) is 0 Å². The highest BCUT2D eigenvalue weighted by atomic mass is 16.5. The van der Waals surface area contributed by atoms with E-state index >= 15 is 0 Å². The van der Waals surface area contributed by atoms with Gasteiger partial charge in [-0.05, 0) is 12.1 Å².